The highest BCUT2D eigenvalue weighted by molar-refractivity contribution is 6.11. The summed E-state index contributed by atoms with van der Waals surface area (Å²) >= 11 is 0. The van der Waals surface area contributed by atoms with Crippen LogP contribution in [0.15, 0.2) is 176 Å². The van der Waals surface area contributed by atoms with Crippen LogP contribution in [-0.4, -0.2) is 33.6 Å². The number of para-hydroxylation sites is 2. The summed E-state index contributed by atoms with van der Waals surface area (Å²) in [6.45, 7) is 1.53. The quantitative estimate of drug-likeness (QED) is 0.159. The summed E-state index contributed by atoms with van der Waals surface area (Å²) in [4.78, 5) is 17.9. The van der Waals surface area contributed by atoms with Crippen molar-refractivity contribution in [3.63, 3.8) is 0 Å². The first-order valence-electron chi connectivity index (χ1n) is 20.5. The molecule has 0 aliphatic carbocycles. The number of ether oxygens (including phenoxy) is 2. The molecule has 9 nitrogen and oxygen atoms in total. The number of aryl methyl sites for hydroxylation is 1. The van der Waals surface area contributed by atoms with Gasteiger partial charge in [-0.15, -0.1) is 0 Å². The molecule has 6 aromatic carbocycles. The molecule has 0 radical (unpaired) electrons. The lowest BCUT2D eigenvalue weighted by Gasteiger charge is -2.13. The van der Waals surface area contributed by atoms with Gasteiger partial charge in [0.15, 0.2) is 0 Å². The first-order valence-corrected chi connectivity index (χ1v) is 20.5. The van der Waals surface area contributed by atoms with Crippen molar-refractivity contribution in [3.8, 4) is 40.6 Å². The molecule has 0 N–H and O–H groups in total. The normalized spacial score (nSPS) is 12.1. The first-order chi connectivity index (χ1) is 31.2. The topological polar surface area (TPSA) is 84.8 Å². The van der Waals surface area contributed by atoms with Crippen LogP contribution in [0.3, 0.4) is 0 Å². The number of hydrogen-bond acceptors (Lipinski definition) is 6. The van der Waals surface area contributed by atoms with E-state index in [1.165, 1.54) is 6.92 Å². The Kier molecular flexibility index (Phi) is 8.32. The average Bonchev–Trinajstić information content (AvgIpc) is 3.93. The highest BCUT2D eigenvalue weighted by Crippen LogP contribution is 2.41. The minimum atomic E-state index is -4.70. The van der Waals surface area contributed by atoms with Gasteiger partial charge in [0.05, 0.1) is 33.1 Å². The molecule has 308 valence electrons. The van der Waals surface area contributed by atoms with Crippen LogP contribution in [-0.2, 0) is 6.18 Å². The van der Waals surface area contributed by atoms with Gasteiger partial charge in [-0.25, -0.2) is 19.9 Å². The molecule has 0 spiro atoms. The second kappa shape index (κ2) is 14.3. The van der Waals surface area contributed by atoms with E-state index in [-0.39, 0.29) is 11.6 Å². The zero-order valence-electron chi connectivity index (χ0n) is 33.8. The lowest BCUT2D eigenvalue weighted by molar-refractivity contribution is -0.141. The first kappa shape index (κ1) is 37.3. The SMILES string of the molecule is Cc1cc(C(F)(F)F)nc(-n2c3cc(Oc4ccc5c6ccccc6n(-c6ccccn6)c5c4)ccc3c3ccc(Oc4ccc5c6ccccc6n(-c6ccccn6)c5c4)cc32)n1. The summed E-state index contributed by atoms with van der Waals surface area (Å²) in [5.74, 6) is 3.46. The van der Waals surface area contributed by atoms with Crippen molar-refractivity contribution in [3.05, 3.63) is 188 Å². The van der Waals surface area contributed by atoms with Crippen molar-refractivity contribution in [1.29, 1.82) is 0 Å². The fourth-order valence-electron chi connectivity index (χ4n) is 8.88. The van der Waals surface area contributed by atoms with Gasteiger partial charge < -0.3 is 9.47 Å². The third kappa shape index (κ3) is 6.10. The van der Waals surface area contributed by atoms with Gasteiger partial charge in [-0.05, 0) is 97.9 Å². The Labute approximate surface area is 361 Å². The van der Waals surface area contributed by atoms with Crippen LogP contribution in [0.5, 0.6) is 23.0 Å². The maximum absolute atomic E-state index is 14.3. The maximum Gasteiger partial charge on any atom is 0.433 e. The van der Waals surface area contributed by atoms with Crippen molar-refractivity contribution in [2.45, 2.75) is 13.1 Å². The van der Waals surface area contributed by atoms with E-state index in [4.69, 9.17) is 9.47 Å². The monoisotopic (exact) mass is 843 g/mol. The molecule has 0 aliphatic rings. The van der Waals surface area contributed by atoms with Crippen molar-refractivity contribution < 1.29 is 22.6 Å². The van der Waals surface area contributed by atoms with Crippen LogP contribution in [0.25, 0.3) is 83.0 Å². The van der Waals surface area contributed by atoms with E-state index < -0.39 is 11.9 Å². The number of pyridine rings is 2. The van der Waals surface area contributed by atoms with Crippen LogP contribution < -0.4 is 9.47 Å². The lowest BCUT2D eigenvalue weighted by atomic mass is 10.1. The van der Waals surface area contributed by atoms with E-state index in [1.807, 2.05) is 121 Å². The molecule has 0 fully saturated rings. The fraction of sp³-hybridized carbons (Fsp3) is 0.0385. The van der Waals surface area contributed by atoms with Gasteiger partial charge in [0, 0.05) is 74.7 Å². The standard InChI is InChI=1S/C52H32F3N7O2/c1-31-26-48(52(53,54)55)59-51(58-31)62-46-29-34(63-32-16-20-38-36-10-2-4-12-42(36)60(44(38)27-32)49-14-6-8-24-56-49)18-22-40(46)41-23-19-35(30-47(41)62)64-33-17-21-39-37-11-3-5-13-43(37)61(45(39)28-33)50-15-7-9-25-57-50/h2-30H,1H3. The second-order valence-electron chi connectivity index (χ2n) is 15.5. The number of nitrogens with zero attached hydrogens (tertiary/aromatic N) is 7. The molecule has 12 heteroatoms. The van der Waals surface area contributed by atoms with E-state index in [0.717, 1.165) is 72.1 Å². The summed E-state index contributed by atoms with van der Waals surface area (Å²) in [5.41, 5.74) is 4.05. The molecular formula is C52H32F3N7O2. The fourth-order valence-corrected chi connectivity index (χ4v) is 8.88. The summed E-state index contributed by atoms with van der Waals surface area (Å²) < 4.78 is 61.9. The van der Waals surface area contributed by atoms with E-state index in [9.17, 15) is 13.2 Å². The number of alkyl halides is 3. The molecule has 0 saturated carbocycles. The third-order valence-electron chi connectivity index (χ3n) is 11.6. The van der Waals surface area contributed by atoms with Gasteiger partial charge in [0.2, 0.25) is 5.95 Å². The van der Waals surface area contributed by atoms with Crippen molar-refractivity contribution in [2.24, 2.45) is 0 Å². The maximum atomic E-state index is 14.3. The molecule has 0 atom stereocenters. The molecule has 12 aromatic rings. The molecule has 0 saturated heterocycles. The zero-order valence-corrected chi connectivity index (χ0v) is 33.8. The lowest BCUT2D eigenvalue weighted by Crippen LogP contribution is -2.13. The molecule has 0 unspecified atom stereocenters. The number of aromatic nitrogens is 7. The average molecular weight is 844 g/mol. The number of halogens is 3. The Balaban J connectivity index is 0.991. The summed E-state index contributed by atoms with van der Waals surface area (Å²) in [6.07, 6.45) is -1.17. The summed E-state index contributed by atoms with van der Waals surface area (Å²) in [6, 6.07) is 51.8. The highest BCUT2D eigenvalue weighted by Gasteiger charge is 2.34. The minimum absolute atomic E-state index is 0.135. The van der Waals surface area contributed by atoms with Crippen molar-refractivity contribution in [1.82, 2.24) is 33.6 Å². The van der Waals surface area contributed by atoms with Crippen LogP contribution in [0, 0.1) is 6.92 Å². The Morgan fingerprint density at radius 2 is 0.797 bits per heavy atom. The Bertz CT molecular complexity index is 3590. The highest BCUT2D eigenvalue weighted by atomic mass is 19.4. The molecule has 0 amide bonds. The van der Waals surface area contributed by atoms with Crippen LogP contribution in [0.1, 0.15) is 11.4 Å². The van der Waals surface area contributed by atoms with Gasteiger partial charge in [-0.3, -0.25) is 13.7 Å². The van der Waals surface area contributed by atoms with Gasteiger partial charge in [-0.2, -0.15) is 13.2 Å². The van der Waals surface area contributed by atoms with E-state index in [1.54, 1.807) is 29.1 Å². The molecular weight excluding hydrogens is 812 g/mol. The molecule has 6 heterocycles. The zero-order chi connectivity index (χ0) is 43.1. The van der Waals surface area contributed by atoms with Gasteiger partial charge in [0.1, 0.15) is 40.3 Å². The van der Waals surface area contributed by atoms with E-state index in [0.29, 0.717) is 34.0 Å². The predicted octanol–water partition coefficient (Wildman–Crippen LogP) is 13.5. The number of benzene rings is 6. The predicted molar refractivity (Wildman–Crippen MR) is 243 cm³/mol. The molecule has 12 rings (SSSR count). The largest absolute Gasteiger partial charge is 0.457 e. The van der Waals surface area contributed by atoms with Crippen LogP contribution in [0.4, 0.5) is 13.2 Å². The molecule has 64 heavy (non-hydrogen) atoms. The minimum Gasteiger partial charge on any atom is -0.457 e. The van der Waals surface area contributed by atoms with Crippen molar-refractivity contribution in [2.75, 3.05) is 0 Å². The number of hydrogen-bond donors (Lipinski definition) is 0. The Hall–Kier alpha value is -8.51. The molecule has 6 aromatic heterocycles. The van der Waals surface area contributed by atoms with Crippen LogP contribution >= 0.6 is 0 Å². The number of fused-ring (bicyclic) bond motifs is 9. The summed E-state index contributed by atoms with van der Waals surface area (Å²) in [7, 11) is 0. The Morgan fingerprint density at radius 3 is 1.20 bits per heavy atom. The number of rotatable bonds is 7. The van der Waals surface area contributed by atoms with Crippen molar-refractivity contribution >= 4 is 65.4 Å². The Morgan fingerprint density at radius 1 is 0.406 bits per heavy atom. The molecule has 0 aliphatic heterocycles. The van der Waals surface area contributed by atoms with Gasteiger partial charge in [-0.1, -0.05) is 48.5 Å². The third-order valence-corrected chi connectivity index (χ3v) is 11.6. The van der Waals surface area contributed by atoms with Gasteiger partial charge in [0.25, 0.3) is 0 Å². The second-order valence-corrected chi connectivity index (χ2v) is 15.5. The van der Waals surface area contributed by atoms with E-state index >= 15 is 0 Å². The smallest absolute Gasteiger partial charge is 0.433 e. The van der Waals surface area contributed by atoms with Gasteiger partial charge >= 0.3 is 6.18 Å². The van der Waals surface area contributed by atoms with Crippen LogP contribution in [0.2, 0.25) is 0 Å². The van der Waals surface area contributed by atoms with E-state index in [2.05, 4.69) is 53.3 Å². The molecule has 0 bridgehead atoms. The summed E-state index contributed by atoms with van der Waals surface area (Å²) in [5, 5.41) is 5.76.